The SMILES string of the molecule is CC(=O)N1CCN(C(=O)C2=C(C)NC(=O)N[C@@H]2CCc2ccccc2)CC1. The van der Waals surface area contributed by atoms with Gasteiger partial charge in [0.15, 0.2) is 0 Å². The summed E-state index contributed by atoms with van der Waals surface area (Å²) in [5.74, 6) is -0.0360. The highest BCUT2D eigenvalue weighted by molar-refractivity contribution is 5.98. The number of aryl methyl sites for hydroxylation is 1. The fraction of sp³-hybridized carbons (Fsp3) is 0.450. The minimum absolute atomic E-state index is 0.0322. The molecule has 0 aliphatic carbocycles. The molecule has 1 saturated heterocycles. The number of benzene rings is 1. The normalized spacial score (nSPS) is 20.2. The van der Waals surface area contributed by atoms with E-state index in [1.54, 1.807) is 23.6 Å². The third-order valence-electron chi connectivity index (χ3n) is 5.17. The number of nitrogens with one attached hydrogen (secondary N) is 2. The highest BCUT2D eigenvalue weighted by Gasteiger charge is 2.33. The molecule has 7 heteroatoms. The minimum atomic E-state index is -0.322. The molecule has 0 bridgehead atoms. The highest BCUT2D eigenvalue weighted by atomic mass is 16.2. The van der Waals surface area contributed by atoms with E-state index in [1.807, 2.05) is 30.3 Å². The van der Waals surface area contributed by atoms with Crippen LogP contribution in [0.3, 0.4) is 0 Å². The molecule has 3 rings (SSSR count). The van der Waals surface area contributed by atoms with Crippen LogP contribution in [0.5, 0.6) is 0 Å². The van der Waals surface area contributed by atoms with Crippen LogP contribution in [0, 0.1) is 0 Å². The number of nitrogens with zero attached hydrogens (tertiary/aromatic N) is 2. The van der Waals surface area contributed by atoms with Crippen molar-refractivity contribution in [2.24, 2.45) is 0 Å². The number of hydrogen-bond acceptors (Lipinski definition) is 3. The lowest BCUT2D eigenvalue weighted by Gasteiger charge is -2.37. The summed E-state index contributed by atoms with van der Waals surface area (Å²) in [6.45, 7) is 5.42. The number of piperazine rings is 1. The van der Waals surface area contributed by atoms with Crippen LogP contribution in [-0.2, 0) is 16.0 Å². The third kappa shape index (κ3) is 4.48. The molecule has 0 aromatic heterocycles. The Morgan fingerprint density at radius 3 is 2.33 bits per heavy atom. The number of urea groups is 1. The standard InChI is InChI=1S/C20H26N4O3/c1-14-18(19(26)24-12-10-23(11-13-24)15(2)25)17(22-20(27)21-14)9-8-16-6-4-3-5-7-16/h3-7,17H,8-13H2,1-2H3,(H2,21,22,27)/t17-/m1/s1. The van der Waals surface area contributed by atoms with Gasteiger partial charge in [0.1, 0.15) is 0 Å². The third-order valence-corrected chi connectivity index (χ3v) is 5.17. The summed E-state index contributed by atoms with van der Waals surface area (Å²) in [5.41, 5.74) is 2.39. The molecule has 2 heterocycles. The van der Waals surface area contributed by atoms with Crippen LogP contribution in [0.15, 0.2) is 41.6 Å². The minimum Gasteiger partial charge on any atom is -0.339 e. The first-order valence-corrected chi connectivity index (χ1v) is 9.32. The van der Waals surface area contributed by atoms with Crippen molar-refractivity contribution in [2.75, 3.05) is 26.2 Å². The van der Waals surface area contributed by atoms with Gasteiger partial charge < -0.3 is 20.4 Å². The fourth-order valence-electron chi connectivity index (χ4n) is 3.64. The van der Waals surface area contributed by atoms with Crippen molar-refractivity contribution in [2.45, 2.75) is 32.7 Å². The Bertz CT molecular complexity index is 752. The van der Waals surface area contributed by atoms with Crippen molar-refractivity contribution < 1.29 is 14.4 Å². The summed E-state index contributed by atoms with van der Waals surface area (Å²) in [4.78, 5) is 40.1. The highest BCUT2D eigenvalue weighted by Crippen LogP contribution is 2.20. The van der Waals surface area contributed by atoms with Crippen LogP contribution in [-0.4, -0.2) is 59.9 Å². The van der Waals surface area contributed by atoms with Crippen molar-refractivity contribution in [3.63, 3.8) is 0 Å². The van der Waals surface area contributed by atoms with Crippen LogP contribution >= 0.6 is 0 Å². The molecule has 0 radical (unpaired) electrons. The maximum Gasteiger partial charge on any atom is 0.319 e. The van der Waals surface area contributed by atoms with Crippen molar-refractivity contribution in [1.29, 1.82) is 0 Å². The summed E-state index contributed by atoms with van der Waals surface area (Å²) >= 11 is 0. The van der Waals surface area contributed by atoms with Crippen molar-refractivity contribution in [3.05, 3.63) is 47.2 Å². The Labute approximate surface area is 159 Å². The molecule has 2 aliphatic rings. The second kappa shape index (κ2) is 8.24. The molecule has 7 nitrogen and oxygen atoms in total. The lowest BCUT2D eigenvalue weighted by molar-refractivity contribution is -0.136. The van der Waals surface area contributed by atoms with Gasteiger partial charge in [-0.15, -0.1) is 0 Å². The zero-order valence-electron chi connectivity index (χ0n) is 15.8. The van der Waals surface area contributed by atoms with Gasteiger partial charge in [0, 0.05) is 38.8 Å². The van der Waals surface area contributed by atoms with Gasteiger partial charge in [-0.25, -0.2) is 4.79 Å². The molecule has 1 aromatic rings. The molecule has 27 heavy (non-hydrogen) atoms. The van der Waals surface area contributed by atoms with E-state index in [0.29, 0.717) is 43.9 Å². The Balaban J connectivity index is 1.71. The summed E-state index contributed by atoms with van der Waals surface area (Å²) in [5, 5.41) is 5.62. The number of carbonyl (C=O) groups is 3. The number of carbonyl (C=O) groups excluding carboxylic acids is 3. The van der Waals surface area contributed by atoms with E-state index in [1.165, 1.54) is 5.56 Å². The lowest BCUT2D eigenvalue weighted by Crippen LogP contribution is -2.55. The summed E-state index contributed by atoms with van der Waals surface area (Å²) in [6.07, 6.45) is 1.43. The second-order valence-corrected chi connectivity index (χ2v) is 7.01. The Hall–Kier alpha value is -2.83. The average molecular weight is 370 g/mol. The van der Waals surface area contributed by atoms with E-state index in [4.69, 9.17) is 0 Å². The van der Waals surface area contributed by atoms with Crippen LogP contribution in [0.4, 0.5) is 4.79 Å². The smallest absolute Gasteiger partial charge is 0.319 e. The number of allylic oxidation sites excluding steroid dienone is 1. The van der Waals surface area contributed by atoms with Gasteiger partial charge in [0.2, 0.25) is 5.91 Å². The quantitative estimate of drug-likeness (QED) is 0.837. The van der Waals surface area contributed by atoms with E-state index in [0.717, 1.165) is 6.42 Å². The van der Waals surface area contributed by atoms with E-state index in [2.05, 4.69) is 10.6 Å². The van der Waals surface area contributed by atoms with Gasteiger partial charge in [-0.2, -0.15) is 0 Å². The zero-order chi connectivity index (χ0) is 19.4. The molecule has 0 saturated carbocycles. The monoisotopic (exact) mass is 370 g/mol. The largest absolute Gasteiger partial charge is 0.339 e. The maximum absolute atomic E-state index is 13.1. The van der Waals surface area contributed by atoms with Gasteiger partial charge in [-0.3, -0.25) is 9.59 Å². The molecule has 2 N–H and O–H groups in total. The van der Waals surface area contributed by atoms with E-state index >= 15 is 0 Å². The van der Waals surface area contributed by atoms with Gasteiger partial charge >= 0.3 is 6.03 Å². The Morgan fingerprint density at radius 1 is 1.07 bits per heavy atom. The fourth-order valence-corrected chi connectivity index (χ4v) is 3.64. The van der Waals surface area contributed by atoms with E-state index in [9.17, 15) is 14.4 Å². The van der Waals surface area contributed by atoms with Gasteiger partial charge in [0.25, 0.3) is 5.91 Å². The average Bonchev–Trinajstić information content (AvgIpc) is 2.66. The summed E-state index contributed by atoms with van der Waals surface area (Å²) in [7, 11) is 0. The lowest BCUT2D eigenvalue weighted by atomic mass is 9.95. The van der Waals surface area contributed by atoms with Crippen LogP contribution in [0.25, 0.3) is 0 Å². The van der Waals surface area contributed by atoms with Crippen LogP contribution in [0.2, 0.25) is 0 Å². The van der Waals surface area contributed by atoms with Gasteiger partial charge in [-0.05, 0) is 25.3 Å². The van der Waals surface area contributed by atoms with Gasteiger partial charge in [-0.1, -0.05) is 30.3 Å². The Morgan fingerprint density at radius 2 is 1.70 bits per heavy atom. The predicted octanol–water partition coefficient (Wildman–Crippen LogP) is 1.27. The topological polar surface area (TPSA) is 81.8 Å². The first kappa shape index (κ1) is 18.9. The van der Waals surface area contributed by atoms with E-state index in [-0.39, 0.29) is 23.9 Å². The molecular formula is C20H26N4O3. The molecule has 144 valence electrons. The van der Waals surface area contributed by atoms with Crippen molar-refractivity contribution >= 4 is 17.8 Å². The number of amides is 4. The summed E-state index contributed by atoms with van der Waals surface area (Å²) < 4.78 is 0. The number of hydrogen-bond donors (Lipinski definition) is 2. The number of rotatable bonds is 4. The zero-order valence-corrected chi connectivity index (χ0v) is 15.8. The first-order chi connectivity index (χ1) is 13.0. The molecule has 1 fully saturated rings. The molecule has 1 aromatic carbocycles. The molecule has 2 aliphatic heterocycles. The van der Waals surface area contributed by atoms with Crippen molar-refractivity contribution in [1.82, 2.24) is 20.4 Å². The van der Waals surface area contributed by atoms with Crippen molar-refractivity contribution in [3.8, 4) is 0 Å². The van der Waals surface area contributed by atoms with Crippen LogP contribution < -0.4 is 10.6 Å². The molecule has 0 spiro atoms. The van der Waals surface area contributed by atoms with Gasteiger partial charge in [0.05, 0.1) is 11.6 Å². The predicted molar refractivity (Wildman–Crippen MR) is 102 cm³/mol. The summed E-state index contributed by atoms with van der Waals surface area (Å²) in [6, 6.07) is 9.43. The maximum atomic E-state index is 13.1. The Kier molecular flexibility index (Phi) is 5.78. The first-order valence-electron chi connectivity index (χ1n) is 9.32. The van der Waals surface area contributed by atoms with Crippen LogP contribution in [0.1, 0.15) is 25.8 Å². The molecular weight excluding hydrogens is 344 g/mol. The van der Waals surface area contributed by atoms with E-state index < -0.39 is 0 Å². The molecule has 1 atom stereocenters. The molecule has 4 amide bonds. The second-order valence-electron chi connectivity index (χ2n) is 7.01. The molecule has 0 unspecified atom stereocenters.